The molecule has 0 aliphatic carbocycles. The summed E-state index contributed by atoms with van der Waals surface area (Å²) in [5.41, 5.74) is 1.25. The van der Waals surface area contributed by atoms with Crippen LogP contribution in [0, 0.1) is 13.8 Å². The number of aromatic nitrogens is 3. The molecule has 2 heterocycles. The molecule has 1 aromatic carbocycles. The Balaban J connectivity index is 1.49. The second kappa shape index (κ2) is 5.63. The van der Waals surface area contributed by atoms with Crippen molar-refractivity contribution in [2.75, 3.05) is 19.7 Å². The summed E-state index contributed by atoms with van der Waals surface area (Å²) in [4.78, 5) is 2.36. The van der Waals surface area contributed by atoms with Crippen LogP contribution in [0.4, 0.5) is 0 Å². The Morgan fingerprint density at radius 3 is 2.70 bits per heavy atom. The van der Waals surface area contributed by atoms with Gasteiger partial charge in [0.15, 0.2) is 0 Å². The number of benzene rings is 1. The first-order valence-corrected chi connectivity index (χ1v) is 7.03. The molecule has 0 saturated heterocycles. The van der Waals surface area contributed by atoms with Crippen molar-refractivity contribution in [3.63, 3.8) is 0 Å². The van der Waals surface area contributed by atoms with Gasteiger partial charge in [-0.2, -0.15) is 0 Å². The van der Waals surface area contributed by atoms with Crippen LogP contribution in [0.1, 0.15) is 17.2 Å². The van der Waals surface area contributed by atoms with Gasteiger partial charge in [-0.05, 0) is 26.0 Å². The first-order valence-electron chi connectivity index (χ1n) is 7.03. The van der Waals surface area contributed by atoms with E-state index in [1.54, 1.807) is 0 Å². The molecular weight excluding hydrogens is 252 g/mol. The van der Waals surface area contributed by atoms with Gasteiger partial charge in [-0.25, -0.2) is 0 Å². The summed E-state index contributed by atoms with van der Waals surface area (Å²) in [5, 5.41) is 8.34. The molecule has 0 atom stereocenters. The number of hydrogen-bond donors (Lipinski definition) is 0. The number of ether oxygens (including phenoxy) is 1. The van der Waals surface area contributed by atoms with Gasteiger partial charge in [0.1, 0.15) is 24.0 Å². The molecule has 0 spiro atoms. The predicted octanol–water partition coefficient (Wildman–Crippen LogP) is 1.79. The van der Waals surface area contributed by atoms with E-state index in [0.717, 1.165) is 43.6 Å². The summed E-state index contributed by atoms with van der Waals surface area (Å²) >= 11 is 0. The van der Waals surface area contributed by atoms with Crippen LogP contribution in [-0.4, -0.2) is 39.4 Å². The van der Waals surface area contributed by atoms with Crippen LogP contribution in [0.3, 0.4) is 0 Å². The number of nitrogens with zero attached hydrogens (tertiary/aromatic N) is 4. The van der Waals surface area contributed by atoms with Gasteiger partial charge in [-0.1, -0.05) is 17.7 Å². The molecule has 106 valence electrons. The molecule has 1 aromatic heterocycles. The lowest BCUT2D eigenvalue weighted by Gasteiger charge is -2.27. The Hall–Kier alpha value is -1.88. The quantitative estimate of drug-likeness (QED) is 0.851. The van der Waals surface area contributed by atoms with Crippen LogP contribution in [0.5, 0.6) is 5.75 Å². The smallest absolute Gasteiger partial charge is 0.147 e. The van der Waals surface area contributed by atoms with Gasteiger partial charge in [-0.15, -0.1) is 10.2 Å². The lowest BCUT2D eigenvalue weighted by atomic mass is 10.2. The highest BCUT2D eigenvalue weighted by molar-refractivity contribution is 5.26. The van der Waals surface area contributed by atoms with Crippen LogP contribution in [0.15, 0.2) is 24.3 Å². The lowest BCUT2D eigenvalue weighted by molar-refractivity contribution is 0.174. The highest BCUT2D eigenvalue weighted by atomic mass is 16.5. The van der Waals surface area contributed by atoms with Crippen LogP contribution in [0.2, 0.25) is 0 Å². The van der Waals surface area contributed by atoms with E-state index >= 15 is 0 Å². The third kappa shape index (κ3) is 2.82. The zero-order chi connectivity index (χ0) is 13.9. The zero-order valence-corrected chi connectivity index (χ0v) is 12.0. The molecule has 1 aliphatic rings. The Morgan fingerprint density at radius 1 is 1.10 bits per heavy atom. The summed E-state index contributed by atoms with van der Waals surface area (Å²) < 4.78 is 7.96. The molecule has 5 nitrogen and oxygen atoms in total. The summed E-state index contributed by atoms with van der Waals surface area (Å²) in [5.74, 6) is 3.01. The molecule has 0 unspecified atom stereocenters. The van der Waals surface area contributed by atoms with Crippen LogP contribution >= 0.6 is 0 Å². The first kappa shape index (κ1) is 13.1. The third-order valence-corrected chi connectivity index (χ3v) is 3.71. The van der Waals surface area contributed by atoms with E-state index < -0.39 is 0 Å². The maximum atomic E-state index is 5.77. The molecule has 5 heteroatoms. The molecule has 0 N–H and O–H groups in total. The number of aryl methyl sites for hydroxylation is 2. The van der Waals surface area contributed by atoms with Crippen molar-refractivity contribution < 1.29 is 4.74 Å². The molecule has 0 bridgehead atoms. The predicted molar refractivity (Wildman–Crippen MR) is 76.7 cm³/mol. The van der Waals surface area contributed by atoms with E-state index in [2.05, 4.69) is 38.7 Å². The summed E-state index contributed by atoms with van der Waals surface area (Å²) in [6, 6.07) is 8.18. The normalized spacial score (nSPS) is 15.1. The molecule has 0 amide bonds. The Morgan fingerprint density at radius 2 is 1.90 bits per heavy atom. The fraction of sp³-hybridized carbons (Fsp3) is 0.467. The van der Waals surface area contributed by atoms with Gasteiger partial charge in [0.05, 0.1) is 6.54 Å². The first-order chi connectivity index (χ1) is 9.72. The highest BCUT2D eigenvalue weighted by Gasteiger charge is 2.18. The van der Waals surface area contributed by atoms with E-state index in [1.165, 1.54) is 5.56 Å². The Kier molecular flexibility index (Phi) is 3.69. The van der Waals surface area contributed by atoms with Gasteiger partial charge in [0.2, 0.25) is 0 Å². The van der Waals surface area contributed by atoms with Crippen molar-refractivity contribution in [2.24, 2.45) is 0 Å². The van der Waals surface area contributed by atoms with E-state index in [0.29, 0.717) is 6.61 Å². The molecule has 3 rings (SSSR count). The van der Waals surface area contributed by atoms with Crippen molar-refractivity contribution >= 4 is 0 Å². The Bertz CT molecular complexity index is 576. The average molecular weight is 272 g/mol. The molecule has 0 radical (unpaired) electrons. The highest BCUT2D eigenvalue weighted by Crippen LogP contribution is 2.13. The lowest BCUT2D eigenvalue weighted by Crippen LogP contribution is -2.36. The molecule has 1 aliphatic heterocycles. The minimum Gasteiger partial charge on any atom is -0.492 e. The van der Waals surface area contributed by atoms with E-state index in [1.807, 2.05) is 19.1 Å². The monoisotopic (exact) mass is 272 g/mol. The molecule has 0 fully saturated rings. The summed E-state index contributed by atoms with van der Waals surface area (Å²) in [6.07, 6.45) is 0. The van der Waals surface area contributed by atoms with Gasteiger partial charge in [-0.3, -0.25) is 4.90 Å². The summed E-state index contributed by atoms with van der Waals surface area (Å²) in [6.45, 7) is 8.57. The van der Waals surface area contributed by atoms with Gasteiger partial charge in [0, 0.05) is 19.6 Å². The van der Waals surface area contributed by atoms with Gasteiger partial charge < -0.3 is 9.30 Å². The average Bonchev–Trinajstić information content (AvgIpc) is 2.82. The molecular formula is C15H20N4O. The van der Waals surface area contributed by atoms with Crippen LogP contribution in [0.25, 0.3) is 0 Å². The maximum absolute atomic E-state index is 5.77. The minimum atomic E-state index is 0.705. The van der Waals surface area contributed by atoms with Gasteiger partial charge >= 0.3 is 0 Å². The van der Waals surface area contributed by atoms with E-state index in [4.69, 9.17) is 4.74 Å². The zero-order valence-electron chi connectivity index (χ0n) is 12.0. The molecule has 2 aromatic rings. The van der Waals surface area contributed by atoms with Gasteiger partial charge in [0.25, 0.3) is 0 Å². The maximum Gasteiger partial charge on any atom is 0.147 e. The Labute approximate surface area is 119 Å². The topological polar surface area (TPSA) is 43.2 Å². The second-order valence-corrected chi connectivity index (χ2v) is 5.25. The van der Waals surface area contributed by atoms with Crippen molar-refractivity contribution in [3.8, 4) is 5.75 Å². The standard InChI is InChI=1S/C15H20N4O/c1-12-3-5-14(6-4-12)20-10-9-18-7-8-19-13(2)16-17-15(19)11-18/h3-6H,7-11H2,1-2H3. The third-order valence-electron chi connectivity index (χ3n) is 3.71. The van der Waals surface area contributed by atoms with Crippen molar-refractivity contribution in [1.82, 2.24) is 19.7 Å². The number of rotatable bonds is 4. The van der Waals surface area contributed by atoms with Crippen molar-refractivity contribution in [3.05, 3.63) is 41.5 Å². The van der Waals surface area contributed by atoms with Crippen molar-refractivity contribution in [1.29, 1.82) is 0 Å². The van der Waals surface area contributed by atoms with E-state index in [9.17, 15) is 0 Å². The molecule has 0 saturated carbocycles. The number of fused-ring (bicyclic) bond motifs is 1. The minimum absolute atomic E-state index is 0.705. The fourth-order valence-corrected chi connectivity index (χ4v) is 2.47. The van der Waals surface area contributed by atoms with E-state index in [-0.39, 0.29) is 0 Å². The van der Waals surface area contributed by atoms with Crippen LogP contribution < -0.4 is 4.74 Å². The SMILES string of the molecule is Cc1ccc(OCCN2CCn3c(C)nnc3C2)cc1. The van der Waals surface area contributed by atoms with Crippen molar-refractivity contribution in [2.45, 2.75) is 26.9 Å². The van der Waals surface area contributed by atoms with Crippen LogP contribution in [-0.2, 0) is 13.1 Å². The largest absolute Gasteiger partial charge is 0.492 e. The summed E-state index contributed by atoms with van der Waals surface area (Å²) in [7, 11) is 0. The number of hydrogen-bond acceptors (Lipinski definition) is 4. The fourth-order valence-electron chi connectivity index (χ4n) is 2.47. The second-order valence-electron chi connectivity index (χ2n) is 5.25. The molecule has 20 heavy (non-hydrogen) atoms.